The van der Waals surface area contributed by atoms with E-state index in [0.717, 1.165) is 12.8 Å². The van der Waals surface area contributed by atoms with Gasteiger partial charge >= 0.3 is 0 Å². The molecule has 0 atom stereocenters. The molecule has 0 saturated heterocycles. The maximum absolute atomic E-state index is 2.50. The van der Waals surface area contributed by atoms with Crippen LogP contribution in [-0.4, -0.2) is 0 Å². The molecule has 212 valence electrons. The Labute approximate surface area is 260 Å². The maximum atomic E-state index is 2.50. The highest BCUT2D eigenvalue weighted by molar-refractivity contribution is 6.13. The van der Waals surface area contributed by atoms with Crippen LogP contribution in [0.15, 0.2) is 146 Å². The van der Waals surface area contributed by atoms with Crippen molar-refractivity contribution in [2.45, 2.75) is 32.6 Å². The topological polar surface area (TPSA) is 3.24 Å². The minimum Gasteiger partial charge on any atom is -0.310 e. The van der Waals surface area contributed by atoms with Gasteiger partial charge < -0.3 is 4.90 Å². The van der Waals surface area contributed by atoms with Gasteiger partial charge in [-0.25, -0.2) is 0 Å². The van der Waals surface area contributed by atoms with E-state index in [2.05, 4.69) is 157 Å². The van der Waals surface area contributed by atoms with Gasteiger partial charge in [0.2, 0.25) is 0 Å². The lowest BCUT2D eigenvalue weighted by Crippen LogP contribution is -2.16. The van der Waals surface area contributed by atoms with E-state index in [9.17, 15) is 0 Å². The fourth-order valence-corrected chi connectivity index (χ4v) is 7.16. The van der Waals surface area contributed by atoms with Gasteiger partial charge in [-0.1, -0.05) is 115 Å². The quantitative estimate of drug-likeness (QED) is 0.188. The van der Waals surface area contributed by atoms with Crippen molar-refractivity contribution in [3.63, 3.8) is 0 Å². The molecule has 1 aliphatic carbocycles. The van der Waals surface area contributed by atoms with Crippen molar-refractivity contribution in [3.8, 4) is 22.3 Å². The summed E-state index contributed by atoms with van der Waals surface area (Å²) < 4.78 is 0. The molecule has 1 aliphatic rings. The molecule has 0 spiro atoms. The summed E-state index contributed by atoms with van der Waals surface area (Å²) in [6, 6.07) is 53.5. The van der Waals surface area contributed by atoms with Crippen LogP contribution in [-0.2, 0) is 12.8 Å². The molecule has 0 bridgehead atoms. The summed E-state index contributed by atoms with van der Waals surface area (Å²) in [4.78, 5) is 2.50. The standard InChI is InChI=1S/C43H35N/c1-30-19-20-33-13-5-8-16-39(33)43(30)44(36-25-21-32(22-26-36)31-11-3-2-4-12-31)37-27-23-34(24-28-37)42-29-35-14-6-7-15-38(35)40-17-9-10-18-41(40)42/h2-4,6-7,9-12,14-15,17-29H,5,8,13,16H2,1H3. The highest BCUT2D eigenvalue weighted by Gasteiger charge is 2.22. The summed E-state index contributed by atoms with van der Waals surface area (Å²) in [5.41, 5.74) is 13.0. The molecule has 44 heavy (non-hydrogen) atoms. The number of nitrogens with zero attached hydrogens (tertiary/aromatic N) is 1. The second kappa shape index (κ2) is 11.2. The Morgan fingerprint density at radius 1 is 0.477 bits per heavy atom. The molecule has 0 N–H and O–H groups in total. The van der Waals surface area contributed by atoms with Crippen LogP contribution >= 0.6 is 0 Å². The number of hydrogen-bond donors (Lipinski definition) is 0. The van der Waals surface area contributed by atoms with Gasteiger partial charge in [-0.15, -0.1) is 0 Å². The fourth-order valence-electron chi connectivity index (χ4n) is 7.16. The van der Waals surface area contributed by atoms with Gasteiger partial charge in [0.05, 0.1) is 5.69 Å². The lowest BCUT2D eigenvalue weighted by molar-refractivity contribution is 0.685. The van der Waals surface area contributed by atoms with Crippen molar-refractivity contribution in [1.82, 2.24) is 0 Å². The largest absolute Gasteiger partial charge is 0.310 e. The van der Waals surface area contributed by atoms with Crippen molar-refractivity contribution in [1.29, 1.82) is 0 Å². The third-order valence-corrected chi connectivity index (χ3v) is 9.37. The van der Waals surface area contributed by atoms with Crippen LogP contribution in [0.5, 0.6) is 0 Å². The first-order chi connectivity index (χ1) is 21.7. The molecule has 0 heterocycles. The van der Waals surface area contributed by atoms with Gasteiger partial charge in [0.25, 0.3) is 0 Å². The average Bonchev–Trinajstić information content (AvgIpc) is 3.10. The van der Waals surface area contributed by atoms with Gasteiger partial charge in [0, 0.05) is 11.4 Å². The van der Waals surface area contributed by atoms with Crippen LogP contribution in [0, 0.1) is 6.92 Å². The van der Waals surface area contributed by atoms with Gasteiger partial charge in [-0.05, 0) is 123 Å². The number of hydrogen-bond acceptors (Lipinski definition) is 1. The van der Waals surface area contributed by atoms with Gasteiger partial charge in [0.15, 0.2) is 0 Å². The first-order valence-corrected chi connectivity index (χ1v) is 15.8. The van der Waals surface area contributed by atoms with E-state index >= 15 is 0 Å². The maximum Gasteiger partial charge on any atom is 0.0525 e. The number of aryl methyl sites for hydroxylation is 2. The molecule has 0 saturated carbocycles. The van der Waals surface area contributed by atoms with E-state index in [1.807, 2.05) is 0 Å². The Bertz CT molecular complexity index is 2110. The molecule has 0 fully saturated rings. The lowest BCUT2D eigenvalue weighted by atomic mass is 9.88. The normalized spacial score (nSPS) is 12.8. The first-order valence-electron chi connectivity index (χ1n) is 15.8. The van der Waals surface area contributed by atoms with Crippen LogP contribution in [0.25, 0.3) is 43.8 Å². The molecule has 0 radical (unpaired) electrons. The number of benzene rings is 7. The van der Waals surface area contributed by atoms with Crippen LogP contribution in [0.4, 0.5) is 17.1 Å². The summed E-state index contributed by atoms with van der Waals surface area (Å²) >= 11 is 0. The summed E-state index contributed by atoms with van der Waals surface area (Å²) in [6.45, 7) is 2.27. The van der Waals surface area contributed by atoms with Gasteiger partial charge in [-0.3, -0.25) is 0 Å². The molecule has 1 heteroatoms. The molecule has 0 aromatic heterocycles. The van der Waals surface area contributed by atoms with E-state index < -0.39 is 0 Å². The number of fused-ring (bicyclic) bond motifs is 4. The van der Waals surface area contributed by atoms with E-state index in [0.29, 0.717) is 0 Å². The zero-order chi connectivity index (χ0) is 29.5. The Morgan fingerprint density at radius 3 is 1.82 bits per heavy atom. The van der Waals surface area contributed by atoms with E-state index in [4.69, 9.17) is 0 Å². The predicted octanol–water partition coefficient (Wildman–Crippen LogP) is 12.0. The smallest absolute Gasteiger partial charge is 0.0525 e. The zero-order valence-electron chi connectivity index (χ0n) is 25.1. The average molecular weight is 566 g/mol. The van der Waals surface area contributed by atoms with E-state index in [-0.39, 0.29) is 0 Å². The molecule has 0 unspecified atom stereocenters. The fraction of sp³-hybridized carbons (Fsp3) is 0.116. The molecule has 1 nitrogen and oxygen atoms in total. The second-order valence-corrected chi connectivity index (χ2v) is 12.1. The van der Waals surface area contributed by atoms with Crippen molar-refractivity contribution in [2.24, 2.45) is 0 Å². The molecule has 8 rings (SSSR count). The van der Waals surface area contributed by atoms with Crippen LogP contribution in [0.1, 0.15) is 29.5 Å². The third kappa shape index (κ3) is 4.66. The molecule has 7 aromatic rings. The minimum atomic E-state index is 1.13. The molecule has 7 aromatic carbocycles. The first kappa shape index (κ1) is 26.5. The zero-order valence-corrected chi connectivity index (χ0v) is 25.1. The minimum absolute atomic E-state index is 1.13. The summed E-state index contributed by atoms with van der Waals surface area (Å²) in [6.07, 6.45) is 4.82. The monoisotopic (exact) mass is 565 g/mol. The Kier molecular flexibility index (Phi) is 6.72. The third-order valence-electron chi connectivity index (χ3n) is 9.37. The summed E-state index contributed by atoms with van der Waals surface area (Å²) in [5.74, 6) is 0. The summed E-state index contributed by atoms with van der Waals surface area (Å²) in [5, 5.41) is 5.17. The Balaban J connectivity index is 1.27. The van der Waals surface area contributed by atoms with Gasteiger partial charge in [-0.2, -0.15) is 0 Å². The predicted molar refractivity (Wildman–Crippen MR) is 188 cm³/mol. The van der Waals surface area contributed by atoms with Crippen molar-refractivity contribution in [2.75, 3.05) is 4.90 Å². The molecule has 0 amide bonds. The molecular formula is C43H35N. The highest BCUT2D eigenvalue weighted by Crippen LogP contribution is 2.43. The van der Waals surface area contributed by atoms with Crippen LogP contribution in [0.3, 0.4) is 0 Å². The molecule has 0 aliphatic heterocycles. The number of anilines is 3. The lowest BCUT2D eigenvalue weighted by Gasteiger charge is -2.32. The summed E-state index contributed by atoms with van der Waals surface area (Å²) in [7, 11) is 0. The number of rotatable bonds is 5. The van der Waals surface area contributed by atoms with Crippen molar-refractivity contribution >= 4 is 38.6 Å². The van der Waals surface area contributed by atoms with E-state index in [1.165, 1.54) is 90.4 Å². The van der Waals surface area contributed by atoms with Crippen LogP contribution < -0.4 is 4.90 Å². The second-order valence-electron chi connectivity index (χ2n) is 12.1. The Hall–Kier alpha value is -5.14. The van der Waals surface area contributed by atoms with Gasteiger partial charge in [0.1, 0.15) is 0 Å². The van der Waals surface area contributed by atoms with E-state index in [1.54, 1.807) is 0 Å². The molecular weight excluding hydrogens is 530 g/mol. The van der Waals surface area contributed by atoms with Crippen molar-refractivity contribution < 1.29 is 0 Å². The van der Waals surface area contributed by atoms with Crippen molar-refractivity contribution in [3.05, 3.63) is 162 Å². The highest BCUT2D eigenvalue weighted by atomic mass is 15.1. The SMILES string of the molecule is Cc1ccc2c(c1N(c1ccc(-c3ccccc3)cc1)c1ccc(-c3cc4ccccc4c4ccccc34)cc1)CCCC2. The Morgan fingerprint density at radius 2 is 1.07 bits per heavy atom. The van der Waals surface area contributed by atoms with Crippen LogP contribution in [0.2, 0.25) is 0 Å².